The molecule has 1 aliphatic heterocycles. The molecule has 1 spiro atoms. The lowest BCUT2D eigenvalue weighted by atomic mass is 9.45. The Bertz CT molecular complexity index is 630. The number of nitrogens with one attached hydrogen (secondary N) is 1. The Labute approximate surface area is 158 Å². The van der Waals surface area contributed by atoms with Crippen LogP contribution in [0.2, 0.25) is 0 Å². The number of fused-ring (bicyclic) bond motifs is 1. The van der Waals surface area contributed by atoms with Crippen molar-refractivity contribution in [3.05, 3.63) is 24.0 Å². The van der Waals surface area contributed by atoms with Crippen LogP contribution in [0.1, 0.15) is 72.1 Å². The van der Waals surface area contributed by atoms with Gasteiger partial charge in [-0.1, -0.05) is 39.8 Å². The first-order chi connectivity index (χ1) is 12.3. The highest BCUT2D eigenvalue weighted by atomic mass is 16.5. The molecule has 0 aromatic rings. The van der Waals surface area contributed by atoms with Gasteiger partial charge in [0.15, 0.2) is 0 Å². The Morgan fingerprint density at radius 2 is 1.96 bits per heavy atom. The summed E-state index contributed by atoms with van der Waals surface area (Å²) in [6.45, 7) is 12.2. The molecule has 4 aliphatic rings. The highest BCUT2D eigenvalue weighted by molar-refractivity contribution is 5.50. The second-order valence-corrected chi connectivity index (χ2v) is 10.3. The first-order valence-corrected chi connectivity index (χ1v) is 10.5. The number of hydrogen-bond acceptors (Lipinski definition) is 2. The number of carbonyl (C=O) groups is 1. The van der Waals surface area contributed by atoms with Crippen LogP contribution in [0.15, 0.2) is 24.0 Å². The fraction of sp³-hybridized carbons (Fsp3) is 0.783. The second-order valence-electron chi connectivity index (χ2n) is 10.3. The molecule has 3 aliphatic carbocycles. The van der Waals surface area contributed by atoms with Gasteiger partial charge in [-0.25, -0.2) is 0 Å². The molecule has 3 heteroatoms. The van der Waals surface area contributed by atoms with Gasteiger partial charge in [-0.2, -0.15) is 0 Å². The largest absolute Gasteiger partial charge is 0.491 e. The standard InChI is InChI=1S/C23H35NO2/c1-16-17(18(14-26-16)24-15-25)6-7-20-22(4)10-5-9-21(2,3)19(22)8-11-23(20)12-13-23/h6,15,18-20H,1,5,7-14H2,2-4H3,(H,24,25)/b17-6-/t18-,19+,20-,22+/m1/s1. The number of rotatable bonds is 4. The van der Waals surface area contributed by atoms with Crippen LogP contribution in [0.25, 0.3) is 0 Å². The number of allylic oxidation sites excluding steroid dienone is 1. The number of amides is 1. The van der Waals surface area contributed by atoms with Gasteiger partial charge in [-0.15, -0.1) is 0 Å². The minimum atomic E-state index is -0.0230. The summed E-state index contributed by atoms with van der Waals surface area (Å²) < 4.78 is 5.62. The molecule has 3 nitrogen and oxygen atoms in total. The third-order valence-electron chi connectivity index (χ3n) is 8.60. The highest BCUT2D eigenvalue weighted by Crippen LogP contribution is 2.72. The SMILES string of the molecule is C=C1OC[C@@H](NC=O)/C1=C\C[C@H]1C2(CC[C@H]3C(C)(C)CCC[C@@]31C)CC2. The lowest BCUT2D eigenvalue weighted by Crippen LogP contribution is -2.52. The fourth-order valence-electron chi connectivity index (χ4n) is 7.16. The van der Waals surface area contributed by atoms with Crippen molar-refractivity contribution in [3.63, 3.8) is 0 Å². The number of carbonyl (C=O) groups excluding carboxylic acids is 1. The van der Waals surface area contributed by atoms with Crippen molar-refractivity contribution in [1.29, 1.82) is 0 Å². The number of hydrogen-bond donors (Lipinski definition) is 1. The molecular formula is C23H35NO2. The van der Waals surface area contributed by atoms with Crippen molar-refractivity contribution < 1.29 is 9.53 Å². The molecule has 26 heavy (non-hydrogen) atoms. The lowest BCUT2D eigenvalue weighted by Gasteiger charge is -2.60. The molecule has 0 radical (unpaired) electrons. The first-order valence-electron chi connectivity index (χ1n) is 10.5. The van der Waals surface area contributed by atoms with Crippen LogP contribution in [0, 0.1) is 28.1 Å². The van der Waals surface area contributed by atoms with Crippen LogP contribution in [0.5, 0.6) is 0 Å². The average Bonchev–Trinajstić information content (AvgIpc) is 3.25. The zero-order chi connectivity index (χ0) is 18.6. The van der Waals surface area contributed by atoms with Crippen molar-refractivity contribution in [3.8, 4) is 0 Å². The van der Waals surface area contributed by atoms with Crippen molar-refractivity contribution >= 4 is 6.41 Å². The van der Waals surface area contributed by atoms with Crippen molar-refractivity contribution in [2.45, 2.75) is 78.2 Å². The molecule has 3 saturated carbocycles. The maximum absolute atomic E-state index is 10.9. The van der Waals surface area contributed by atoms with E-state index in [-0.39, 0.29) is 6.04 Å². The minimum Gasteiger partial charge on any atom is -0.491 e. The van der Waals surface area contributed by atoms with Gasteiger partial charge in [-0.3, -0.25) is 4.79 Å². The summed E-state index contributed by atoms with van der Waals surface area (Å²) in [5.74, 6) is 2.34. The van der Waals surface area contributed by atoms with Gasteiger partial charge in [-0.05, 0) is 73.0 Å². The van der Waals surface area contributed by atoms with Gasteiger partial charge in [0.05, 0.1) is 6.04 Å². The maximum Gasteiger partial charge on any atom is 0.207 e. The summed E-state index contributed by atoms with van der Waals surface area (Å²) in [5, 5.41) is 2.89. The molecule has 0 aromatic heterocycles. The van der Waals surface area contributed by atoms with E-state index in [2.05, 4.69) is 38.7 Å². The zero-order valence-electron chi connectivity index (χ0n) is 16.8. The molecular weight excluding hydrogens is 322 g/mol. The minimum absolute atomic E-state index is 0.0230. The van der Waals surface area contributed by atoms with Crippen LogP contribution in [0.3, 0.4) is 0 Å². The van der Waals surface area contributed by atoms with E-state index in [1.807, 2.05) is 0 Å². The van der Waals surface area contributed by atoms with E-state index in [1.165, 1.54) is 44.9 Å². The molecule has 1 amide bonds. The average molecular weight is 358 g/mol. The van der Waals surface area contributed by atoms with Gasteiger partial charge in [0, 0.05) is 5.57 Å². The smallest absolute Gasteiger partial charge is 0.207 e. The third kappa shape index (κ3) is 2.73. The predicted octanol–water partition coefficient (Wildman–Crippen LogP) is 4.98. The predicted molar refractivity (Wildman–Crippen MR) is 104 cm³/mol. The van der Waals surface area contributed by atoms with Crippen molar-refractivity contribution in [2.24, 2.45) is 28.1 Å². The van der Waals surface area contributed by atoms with Gasteiger partial charge in [0.25, 0.3) is 0 Å². The van der Waals surface area contributed by atoms with E-state index in [0.717, 1.165) is 36.0 Å². The molecule has 4 rings (SSSR count). The van der Waals surface area contributed by atoms with E-state index in [4.69, 9.17) is 4.74 Å². The van der Waals surface area contributed by atoms with E-state index >= 15 is 0 Å². The first kappa shape index (κ1) is 18.1. The van der Waals surface area contributed by atoms with Crippen LogP contribution in [-0.2, 0) is 9.53 Å². The summed E-state index contributed by atoms with van der Waals surface area (Å²) >= 11 is 0. The Morgan fingerprint density at radius 1 is 1.19 bits per heavy atom. The molecule has 0 bridgehead atoms. The summed E-state index contributed by atoms with van der Waals surface area (Å²) in [7, 11) is 0. The van der Waals surface area contributed by atoms with E-state index in [1.54, 1.807) is 0 Å². The lowest BCUT2D eigenvalue weighted by molar-refractivity contribution is -0.110. The quantitative estimate of drug-likeness (QED) is 0.720. The monoisotopic (exact) mass is 357 g/mol. The normalized spacial score (nSPS) is 41.6. The highest BCUT2D eigenvalue weighted by Gasteiger charge is 2.62. The van der Waals surface area contributed by atoms with E-state index in [9.17, 15) is 4.79 Å². The summed E-state index contributed by atoms with van der Waals surface area (Å²) in [6, 6.07) is -0.0230. The molecule has 0 unspecified atom stereocenters. The summed E-state index contributed by atoms with van der Waals surface area (Å²) in [4.78, 5) is 10.9. The van der Waals surface area contributed by atoms with Gasteiger partial charge in [0.1, 0.15) is 12.4 Å². The Kier molecular flexibility index (Phi) is 4.28. The number of ether oxygens (including phenoxy) is 1. The molecule has 4 fully saturated rings. The summed E-state index contributed by atoms with van der Waals surface area (Å²) in [5.41, 5.74) is 2.61. The second kappa shape index (κ2) is 6.14. The zero-order valence-corrected chi connectivity index (χ0v) is 16.8. The van der Waals surface area contributed by atoms with Crippen LogP contribution in [0.4, 0.5) is 0 Å². The van der Waals surface area contributed by atoms with Crippen LogP contribution in [-0.4, -0.2) is 19.1 Å². The molecule has 1 saturated heterocycles. The maximum atomic E-state index is 10.9. The molecule has 4 atom stereocenters. The van der Waals surface area contributed by atoms with Crippen molar-refractivity contribution in [1.82, 2.24) is 5.32 Å². The Hall–Kier alpha value is -1.25. The van der Waals surface area contributed by atoms with Gasteiger partial charge in [0.2, 0.25) is 6.41 Å². The van der Waals surface area contributed by atoms with Crippen LogP contribution >= 0.6 is 0 Å². The Balaban J connectivity index is 1.62. The molecule has 1 N–H and O–H groups in total. The third-order valence-corrected chi connectivity index (χ3v) is 8.60. The van der Waals surface area contributed by atoms with E-state index < -0.39 is 0 Å². The van der Waals surface area contributed by atoms with E-state index in [0.29, 0.717) is 22.9 Å². The van der Waals surface area contributed by atoms with Crippen molar-refractivity contribution in [2.75, 3.05) is 6.61 Å². The molecule has 0 aromatic carbocycles. The Morgan fingerprint density at radius 3 is 2.65 bits per heavy atom. The summed E-state index contributed by atoms with van der Waals surface area (Å²) in [6.07, 6.45) is 14.0. The van der Waals surface area contributed by atoms with Crippen LogP contribution < -0.4 is 5.32 Å². The van der Waals surface area contributed by atoms with Gasteiger partial charge < -0.3 is 10.1 Å². The van der Waals surface area contributed by atoms with Gasteiger partial charge >= 0.3 is 0 Å². The topological polar surface area (TPSA) is 38.3 Å². The molecule has 1 heterocycles. The fourth-order valence-corrected chi connectivity index (χ4v) is 7.16. The molecule has 144 valence electrons.